The van der Waals surface area contributed by atoms with Gasteiger partial charge in [-0.1, -0.05) is 6.07 Å². The molecule has 3 aliphatic heterocycles. The van der Waals surface area contributed by atoms with E-state index in [9.17, 15) is 14.4 Å². The Balaban J connectivity index is 1.37. The summed E-state index contributed by atoms with van der Waals surface area (Å²) in [6.07, 6.45) is 5.00. The van der Waals surface area contributed by atoms with Crippen molar-refractivity contribution in [1.29, 1.82) is 0 Å². The van der Waals surface area contributed by atoms with Crippen LogP contribution in [-0.2, 0) is 29.2 Å². The lowest BCUT2D eigenvalue weighted by molar-refractivity contribution is -0.136. The van der Waals surface area contributed by atoms with Gasteiger partial charge in [-0.05, 0) is 68.6 Å². The lowest BCUT2D eigenvalue weighted by atomic mass is 10.0. The first-order chi connectivity index (χ1) is 17.4. The molecule has 3 N–H and O–H groups in total. The number of nitrogens with zero attached hydrogens (tertiary/aromatic N) is 4. The molecule has 3 aliphatic rings. The minimum Gasteiger partial charge on any atom is -0.396 e. The molecule has 0 spiro atoms. The van der Waals surface area contributed by atoms with Crippen molar-refractivity contribution in [3.8, 4) is 11.3 Å². The zero-order chi connectivity index (χ0) is 25.0. The summed E-state index contributed by atoms with van der Waals surface area (Å²) in [6, 6.07) is 7.28. The number of amides is 3. The normalized spacial score (nSPS) is 20.4. The van der Waals surface area contributed by atoms with Gasteiger partial charge in [0.05, 0.1) is 16.9 Å². The number of carbonyl (C=O) groups excluding carboxylic acids is 3. The number of benzene rings is 1. The molecule has 0 saturated carbocycles. The number of anilines is 1. The van der Waals surface area contributed by atoms with E-state index in [-0.39, 0.29) is 18.2 Å². The minimum absolute atomic E-state index is 0.173. The van der Waals surface area contributed by atoms with Crippen LogP contribution in [0, 0.1) is 0 Å². The summed E-state index contributed by atoms with van der Waals surface area (Å²) < 4.78 is 2.17. The predicted octanol–water partition coefficient (Wildman–Crippen LogP) is 2.66. The van der Waals surface area contributed by atoms with Gasteiger partial charge < -0.3 is 15.2 Å². The van der Waals surface area contributed by atoms with Crippen molar-refractivity contribution < 1.29 is 14.4 Å². The number of pyridine rings is 1. The molecule has 9 heteroatoms. The highest BCUT2D eigenvalue weighted by Gasteiger charge is 2.39. The highest BCUT2D eigenvalue weighted by Crippen LogP contribution is 2.34. The molecule has 6 rings (SSSR count). The van der Waals surface area contributed by atoms with E-state index >= 15 is 0 Å². The van der Waals surface area contributed by atoms with Crippen LogP contribution >= 0.6 is 0 Å². The fraction of sp³-hybridized carbons (Fsp3) is 0.407. The molecule has 3 amide bonds. The molecular weight excluding hydrogens is 456 g/mol. The molecule has 2 aromatic heterocycles. The molecule has 0 aliphatic carbocycles. The first-order valence-corrected chi connectivity index (χ1v) is 12.7. The molecule has 9 nitrogen and oxygen atoms in total. The Morgan fingerprint density at radius 3 is 2.69 bits per heavy atom. The maximum absolute atomic E-state index is 13.1. The van der Waals surface area contributed by atoms with Crippen molar-refractivity contribution >= 4 is 34.4 Å². The highest BCUT2D eigenvalue weighted by molar-refractivity contribution is 6.05. The second-order valence-electron chi connectivity index (χ2n) is 9.99. The van der Waals surface area contributed by atoms with Gasteiger partial charge in [0.2, 0.25) is 11.8 Å². The molecule has 2 saturated heterocycles. The van der Waals surface area contributed by atoms with E-state index in [2.05, 4.69) is 27.8 Å². The zero-order valence-corrected chi connectivity index (χ0v) is 20.4. The number of likely N-dealkylation sites (tertiary alicyclic amines) is 1. The lowest BCUT2D eigenvalue weighted by Crippen LogP contribution is -2.52. The topological polar surface area (TPSA) is 114 Å². The first-order valence-electron chi connectivity index (χ1n) is 12.7. The maximum Gasteiger partial charge on any atom is 0.255 e. The number of aryl methyl sites for hydroxylation is 1. The Morgan fingerprint density at radius 2 is 1.94 bits per heavy atom. The number of hydrogen-bond donors (Lipinski definition) is 2. The number of hydrogen-bond acceptors (Lipinski definition) is 6. The molecule has 0 bridgehead atoms. The summed E-state index contributed by atoms with van der Waals surface area (Å²) in [5, 5.41) is 2.36. The number of nitrogens with one attached hydrogen (secondary N) is 1. The Bertz CT molecular complexity index is 1400. The molecule has 0 radical (unpaired) electrons. The van der Waals surface area contributed by atoms with E-state index in [4.69, 9.17) is 10.7 Å². The van der Waals surface area contributed by atoms with Crippen molar-refractivity contribution in [2.45, 2.75) is 58.3 Å². The van der Waals surface area contributed by atoms with Crippen LogP contribution in [0.15, 0.2) is 30.5 Å². The van der Waals surface area contributed by atoms with Crippen LogP contribution in [0.1, 0.15) is 54.1 Å². The van der Waals surface area contributed by atoms with Gasteiger partial charge in [-0.15, -0.1) is 0 Å². The smallest absolute Gasteiger partial charge is 0.255 e. The van der Waals surface area contributed by atoms with Crippen LogP contribution in [0.4, 0.5) is 5.69 Å². The second-order valence-corrected chi connectivity index (χ2v) is 9.99. The number of fused-ring (bicyclic) bond motifs is 2. The summed E-state index contributed by atoms with van der Waals surface area (Å²) in [7, 11) is 0. The van der Waals surface area contributed by atoms with E-state index in [0.717, 1.165) is 54.0 Å². The van der Waals surface area contributed by atoms with Crippen LogP contribution in [-0.4, -0.2) is 56.2 Å². The Kier molecular flexibility index (Phi) is 5.52. The predicted molar refractivity (Wildman–Crippen MR) is 136 cm³/mol. The summed E-state index contributed by atoms with van der Waals surface area (Å²) in [5.41, 5.74) is 13.4. The van der Waals surface area contributed by atoms with E-state index in [1.54, 1.807) is 4.90 Å². The summed E-state index contributed by atoms with van der Waals surface area (Å²) in [4.78, 5) is 46.0. The summed E-state index contributed by atoms with van der Waals surface area (Å²) in [6.45, 7) is 6.31. The number of nitrogen functional groups attached to an aromatic ring is 1. The molecule has 5 heterocycles. The second kappa shape index (κ2) is 8.74. The number of imide groups is 1. The number of carbonyl (C=O) groups is 3. The zero-order valence-electron chi connectivity index (χ0n) is 20.4. The molecule has 3 aromatic rings. The maximum atomic E-state index is 13.1. The van der Waals surface area contributed by atoms with Crippen LogP contribution in [0.25, 0.3) is 22.3 Å². The SMILES string of the molecule is CCn1cc(N)c2nc(-c3ccc4c(c3)CN(C3CCC(=O)NC3=O)C4=O)cc(CN3CCCC3)c21. The average Bonchev–Trinajstić information content (AvgIpc) is 3.57. The third-order valence-electron chi connectivity index (χ3n) is 7.68. The average molecular weight is 487 g/mol. The van der Waals surface area contributed by atoms with Gasteiger partial charge in [-0.3, -0.25) is 24.6 Å². The number of rotatable bonds is 5. The van der Waals surface area contributed by atoms with Gasteiger partial charge in [0.25, 0.3) is 5.91 Å². The van der Waals surface area contributed by atoms with Crippen molar-refractivity contribution in [2.75, 3.05) is 18.8 Å². The van der Waals surface area contributed by atoms with Crippen molar-refractivity contribution in [3.63, 3.8) is 0 Å². The summed E-state index contributed by atoms with van der Waals surface area (Å²) >= 11 is 0. The Hall–Kier alpha value is -3.72. The van der Waals surface area contributed by atoms with E-state index in [0.29, 0.717) is 24.2 Å². The molecule has 2 fully saturated rings. The van der Waals surface area contributed by atoms with E-state index in [1.807, 2.05) is 24.4 Å². The number of aromatic nitrogens is 2. The third kappa shape index (κ3) is 3.74. The van der Waals surface area contributed by atoms with Crippen LogP contribution in [0.2, 0.25) is 0 Å². The summed E-state index contributed by atoms with van der Waals surface area (Å²) in [5.74, 6) is -0.860. The minimum atomic E-state index is -0.624. The quantitative estimate of drug-likeness (QED) is 0.536. The molecular formula is C27H30N6O3. The van der Waals surface area contributed by atoms with Crippen molar-refractivity contribution in [1.82, 2.24) is 24.7 Å². The van der Waals surface area contributed by atoms with Gasteiger partial charge in [0.15, 0.2) is 0 Å². The van der Waals surface area contributed by atoms with Crippen LogP contribution in [0.3, 0.4) is 0 Å². The highest BCUT2D eigenvalue weighted by atomic mass is 16.2. The van der Waals surface area contributed by atoms with E-state index in [1.165, 1.54) is 18.4 Å². The standard InChI is InChI=1S/C27H30N6O3/c1-2-32-15-20(28)24-25(32)18(13-31-9-3-4-10-31)12-21(29-24)16-5-6-19-17(11-16)14-33(27(19)36)22-7-8-23(34)30-26(22)35/h5-6,11-12,15,22H,2-4,7-10,13-14,28H2,1H3,(H,30,34,35). The number of piperidine rings is 1. The molecule has 1 atom stereocenters. The molecule has 1 unspecified atom stereocenters. The van der Waals surface area contributed by atoms with Gasteiger partial charge in [0, 0.05) is 43.4 Å². The lowest BCUT2D eigenvalue weighted by Gasteiger charge is -2.29. The fourth-order valence-electron chi connectivity index (χ4n) is 5.84. The van der Waals surface area contributed by atoms with Gasteiger partial charge in [-0.2, -0.15) is 0 Å². The van der Waals surface area contributed by atoms with Crippen LogP contribution < -0.4 is 11.1 Å². The van der Waals surface area contributed by atoms with Gasteiger partial charge in [0.1, 0.15) is 11.6 Å². The van der Waals surface area contributed by atoms with Crippen molar-refractivity contribution in [2.24, 2.45) is 0 Å². The Morgan fingerprint density at radius 1 is 1.14 bits per heavy atom. The first kappa shape index (κ1) is 22.7. The van der Waals surface area contributed by atoms with Crippen molar-refractivity contribution in [3.05, 3.63) is 47.2 Å². The van der Waals surface area contributed by atoms with Gasteiger partial charge >= 0.3 is 0 Å². The third-order valence-corrected chi connectivity index (χ3v) is 7.68. The molecule has 36 heavy (non-hydrogen) atoms. The number of nitrogens with two attached hydrogens (primary N) is 1. The van der Waals surface area contributed by atoms with E-state index < -0.39 is 11.9 Å². The van der Waals surface area contributed by atoms with Gasteiger partial charge in [-0.25, -0.2) is 4.98 Å². The fourth-order valence-corrected chi connectivity index (χ4v) is 5.84. The van der Waals surface area contributed by atoms with Crippen LogP contribution in [0.5, 0.6) is 0 Å². The molecule has 186 valence electrons. The monoisotopic (exact) mass is 486 g/mol. The molecule has 1 aromatic carbocycles. The largest absolute Gasteiger partial charge is 0.396 e. The Labute approximate surface area is 209 Å².